The monoisotopic (exact) mass is 181 g/mol. The summed E-state index contributed by atoms with van der Waals surface area (Å²) in [7, 11) is 0. The van der Waals surface area contributed by atoms with E-state index in [9.17, 15) is 9.59 Å². The van der Waals surface area contributed by atoms with Gasteiger partial charge in [0.1, 0.15) is 0 Å². The molecule has 1 saturated carbocycles. The molecule has 1 N–H and O–H groups in total. The molecule has 2 rings (SSSR count). The van der Waals surface area contributed by atoms with Gasteiger partial charge in [0, 0.05) is 6.42 Å². The van der Waals surface area contributed by atoms with Crippen molar-refractivity contribution in [3.8, 4) is 0 Å². The maximum atomic E-state index is 11.6. The number of carbonyl (C=O) groups is 2. The van der Waals surface area contributed by atoms with Gasteiger partial charge in [-0.2, -0.15) is 0 Å². The van der Waals surface area contributed by atoms with E-state index in [1.54, 1.807) is 0 Å². The van der Waals surface area contributed by atoms with Crippen LogP contribution in [-0.4, -0.2) is 11.8 Å². The van der Waals surface area contributed by atoms with Crippen LogP contribution in [0.25, 0.3) is 0 Å². The molecule has 2 fully saturated rings. The normalized spacial score (nSPS) is 27.4. The van der Waals surface area contributed by atoms with Crippen molar-refractivity contribution in [2.24, 2.45) is 5.41 Å². The highest BCUT2D eigenvalue weighted by atomic mass is 16.2. The van der Waals surface area contributed by atoms with Crippen molar-refractivity contribution in [3.63, 3.8) is 0 Å². The van der Waals surface area contributed by atoms with Gasteiger partial charge in [0.2, 0.25) is 11.8 Å². The predicted molar refractivity (Wildman–Crippen MR) is 47.9 cm³/mol. The lowest BCUT2D eigenvalue weighted by atomic mass is 9.79. The Morgan fingerprint density at radius 2 is 1.62 bits per heavy atom. The Bertz CT molecular complexity index is 239. The summed E-state index contributed by atoms with van der Waals surface area (Å²) in [6.45, 7) is 0. The maximum absolute atomic E-state index is 11.6. The Balaban J connectivity index is 2.17. The molecule has 1 aliphatic heterocycles. The maximum Gasteiger partial charge on any atom is 0.233 e. The van der Waals surface area contributed by atoms with E-state index in [4.69, 9.17) is 0 Å². The van der Waals surface area contributed by atoms with Crippen molar-refractivity contribution >= 4 is 11.8 Å². The summed E-state index contributed by atoms with van der Waals surface area (Å²) in [5.74, 6) is -0.0914. The Morgan fingerprint density at radius 3 is 2.08 bits per heavy atom. The molecule has 1 aliphatic carbocycles. The van der Waals surface area contributed by atoms with Crippen LogP contribution in [0.15, 0.2) is 0 Å². The van der Waals surface area contributed by atoms with E-state index in [0.717, 1.165) is 25.7 Å². The lowest BCUT2D eigenvalue weighted by molar-refractivity contribution is -0.129. The van der Waals surface area contributed by atoms with Gasteiger partial charge in [-0.3, -0.25) is 14.9 Å². The summed E-state index contributed by atoms with van der Waals surface area (Å²) in [6.07, 6.45) is 6.87. The van der Waals surface area contributed by atoms with Crippen LogP contribution >= 0.6 is 0 Å². The topological polar surface area (TPSA) is 46.2 Å². The van der Waals surface area contributed by atoms with Crippen LogP contribution in [0.2, 0.25) is 0 Å². The van der Waals surface area contributed by atoms with Gasteiger partial charge in [-0.15, -0.1) is 0 Å². The van der Waals surface area contributed by atoms with Crippen LogP contribution < -0.4 is 5.32 Å². The zero-order chi connectivity index (χ0) is 9.31. The number of carbonyl (C=O) groups excluding carboxylic acids is 2. The third kappa shape index (κ3) is 1.47. The Labute approximate surface area is 77.9 Å². The third-order valence-corrected chi connectivity index (χ3v) is 3.29. The van der Waals surface area contributed by atoms with Crippen molar-refractivity contribution in [1.29, 1.82) is 0 Å². The zero-order valence-corrected chi connectivity index (χ0v) is 7.77. The number of imide groups is 1. The van der Waals surface area contributed by atoms with Crippen LogP contribution in [0.3, 0.4) is 0 Å². The fourth-order valence-corrected chi connectivity index (χ4v) is 2.50. The van der Waals surface area contributed by atoms with Crippen molar-refractivity contribution in [2.75, 3.05) is 0 Å². The molecule has 2 amide bonds. The summed E-state index contributed by atoms with van der Waals surface area (Å²) in [5, 5.41) is 2.43. The fourth-order valence-electron chi connectivity index (χ4n) is 2.50. The summed E-state index contributed by atoms with van der Waals surface area (Å²) < 4.78 is 0. The van der Waals surface area contributed by atoms with E-state index < -0.39 is 0 Å². The minimum atomic E-state index is -0.312. The molecule has 0 unspecified atom stereocenters. The van der Waals surface area contributed by atoms with E-state index in [1.807, 2.05) is 0 Å². The van der Waals surface area contributed by atoms with E-state index in [-0.39, 0.29) is 17.2 Å². The first-order valence-electron chi connectivity index (χ1n) is 5.07. The second-order valence-corrected chi connectivity index (χ2v) is 4.25. The highest BCUT2D eigenvalue weighted by Gasteiger charge is 2.45. The molecule has 3 nitrogen and oxygen atoms in total. The van der Waals surface area contributed by atoms with E-state index in [0.29, 0.717) is 6.42 Å². The van der Waals surface area contributed by atoms with Crippen molar-refractivity contribution in [1.82, 2.24) is 5.32 Å². The fraction of sp³-hybridized carbons (Fsp3) is 0.800. The first kappa shape index (κ1) is 8.73. The van der Waals surface area contributed by atoms with Crippen molar-refractivity contribution < 1.29 is 9.59 Å². The highest BCUT2D eigenvalue weighted by Crippen LogP contribution is 2.40. The van der Waals surface area contributed by atoms with Gasteiger partial charge in [-0.25, -0.2) is 0 Å². The molecule has 0 aromatic heterocycles. The van der Waals surface area contributed by atoms with Gasteiger partial charge < -0.3 is 0 Å². The summed E-state index contributed by atoms with van der Waals surface area (Å²) in [6, 6.07) is 0. The molecule has 3 heteroatoms. The largest absolute Gasteiger partial charge is 0.296 e. The Kier molecular flexibility index (Phi) is 2.10. The molecule has 1 heterocycles. The first-order valence-corrected chi connectivity index (χ1v) is 5.07. The summed E-state index contributed by atoms with van der Waals surface area (Å²) in [5.41, 5.74) is -0.312. The molecule has 1 saturated heterocycles. The predicted octanol–water partition coefficient (Wildman–Crippen LogP) is 1.37. The van der Waals surface area contributed by atoms with E-state index >= 15 is 0 Å². The second-order valence-electron chi connectivity index (χ2n) is 4.25. The van der Waals surface area contributed by atoms with Crippen LogP contribution in [-0.2, 0) is 9.59 Å². The standard InChI is InChI=1S/C10H15NO2/c12-8-7-10(9(13)11-8)5-3-1-2-4-6-10/h1-7H2,(H,11,12,13). The lowest BCUT2D eigenvalue weighted by Crippen LogP contribution is -2.31. The van der Waals surface area contributed by atoms with Gasteiger partial charge >= 0.3 is 0 Å². The molecule has 0 atom stereocenters. The minimum Gasteiger partial charge on any atom is -0.296 e. The number of rotatable bonds is 0. The average molecular weight is 181 g/mol. The second kappa shape index (κ2) is 3.13. The van der Waals surface area contributed by atoms with Crippen LogP contribution in [0.4, 0.5) is 0 Å². The van der Waals surface area contributed by atoms with Crippen LogP contribution in [0.1, 0.15) is 44.9 Å². The molecule has 72 valence electrons. The van der Waals surface area contributed by atoms with E-state index in [2.05, 4.69) is 5.32 Å². The molecular weight excluding hydrogens is 166 g/mol. The molecule has 0 bridgehead atoms. The van der Waals surface area contributed by atoms with Gasteiger partial charge in [-0.05, 0) is 12.8 Å². The summed E-state index contributed by atoms with van der Waals surface area (Å²) in [4.78, 5) is 22.7. The van der Waals surface area contributed by atoms with Gasteiger partial charge in [-0.1, -0.05) is 25.7 Å². The number of hydrogen-bond acceptors (Lipinski definition) is 2. The first-order chi connectivity index (χ1) is 6.23. The van der Waals surface area contributed by atoms with Gasteiger partial charge in [0.25, 0.3) is 0 Å². The minimum absolute atomic E-state index is 0.0144. The number of nitrogens with one attached hydrogen (secondary N) is 1. The van der Waals surface area contributed by atoms with Crippen LogP contribution in [0, 0.1) is 5.41 Å². The molecule has 1 spiro atoms. The molecule has 2 aliphatic rings. The Morgan fingerprint density at radius 1 is 1.00 bits per heavy atom. The van der Waals surface area contributed by atoms with E-state index in [1.165, 1.54) is 12.8 Å². The quantitative estimate of drug-likeness (QED) is 0.574. The molecular formula is C10H15NO2. The van der Waals surface area contributed by atoms with Crippen LogP contribution in [0.5, 0.6) is 0 Å². The van der Waals surface area contributed by atoms with Crippen molar-refractivity contribution in [3.05, 3.63) is 0 Å². The Hall–Kier alpha value is -0.860. The number of hydrogen-bond donors (Lipinski definition) is 1. The number of amides is 2. The smallest absolute Gasteiger partial charge is 0.233 e. The average Bonchev–Trinajstić information content (AvgIpc) is 2.29. The van der Waals surface area contributed by atoms with Gasteiger partial charge in [0.15, 0.2) is 0 Å². The summed E-state index contributed by atoms with van der Waals surface area (Å²) >= 11 is 0. The molecule has 0 aromatic carbocycles. The molecule has 0 aromatic rings. The SMILES string of the molecule is O=C1CC2(CCCCCC2)C(=O)N1. The lowest BCUT2D eigenvalue weighted by Gasteiger charge is -2.22. The molecule has 13 heavy (non-hydrogen) atoms. The highest BCUT2D eigenvalue weighted by molar-refractivity contribution is 6.05. The van der Waals surface area contributed by atoms with Crippen molar-refractivity contribution in [2.45, 2.75) is 44.9 Å². The molecule has 0 radical (unpaired) electrons. The van der Waals surface area contributed by atoms with Gasteiger partial charge in [0.05, 0.1) is 5.41 Å². The zero-order valence-electron chi connectivity index (χ0n) is 7.77. The third-order valence-electron chi connectivity index (χ3n) is 3.29.